The Labute approximate surface area is 161 Å². The highest BCUT2D eigenvalue weighted by Gasteiger charge is 2.15. The number of aromatic nitrogens is 2. The second-order valence-corrected chi connectivity index (χ2v) is 6.38. The van der Waals surface area contributed by atoms with E-state index >= 15 is 0 Å². The smallest absolute Gasteiger partial charge is 0.263 e. The summed E-state index contributed by atoms with van der Waals surface area (Å²) < 4.78 is 15.8. The van der Waals surface area contributed by atoms with Crippen LogP contribution in [0.4, 0.5) is 5.82 Å². The zero-order valence-corrected chi connectivity index (χ0v) is 15.6. The molecule has 0 saturated carbocycles. The summed E-state index contributed by atoms with van der Waals surface area (Å²) in [6.45, 7) is 3.72. The number of nitrogens with zero attached hydrogens (tertiary/aromatic N) is 2. The van der Waals surface area contributed by atoms with E-state index in [0.717, 1.165) is 11.3 Å². The second kappa shape index (κ2) is 8.55. The first kappa shape index (κ1) is 18.7. The highest BCUT2D eigenvalue weighted by Crippen LogP contribution is 2.26. The monoisotopic (exact) mass is 387 g/mol. The van der Waals surface area contributed by atoms with Gasteiger partial charge in [0, 0.05) is 10.6 Å². The topological polar surface area (TPSA) is 86.5 Å². The normalized spacial score (nSPS) is 10.7. The van der Waals surface area contributed by atoms with Gasteiger partial charge in [-0.15, -0.1) is 0 Å². The van der Waals surface area contributed by atoms with Gasteiger partial charge in [-0.05, 0) is 72.7 Å². The molecule has 0 radical (unpaired) electrons. The van der Waals surface area contributed by atoms with Crippen molar-refractivity contribution in [3.63, 3.8) is 0 Å². The lowest BCUT2D eigenvalue weighted by Gasteiger charge is -2.09. The van der Waals surface area contributed by atoms with E-state index in [1.807, 2.05) is 38.1 Å². The molecule has 3 aromatic rings. The molecular weight excluding hydrogens is 370 g/mol. The molecule has 7 nitrogen and oxygen atoms in total. The maximum Gasteiger partial charge on any atom is 0.263 e. The van der Waals surface area contributed by atoms with Crippen LogP contribution in [0.5, 0.6) is 11.5 Å². The summed E-state index contributed by atoms with van der Waals surface area (Å²) >= 11 is 5.81. The Balaban J connectivity index is 1.62. The van der Waals surface area contributed by atoms with Crippen LogP contribution in [0.15, 0.2) is 53.2 Å². The highest BCUT2D eigenvalue weighted by molar-refractivity contribution is 6.30. The predicted molar refractivity (Wildman–Crippen MR) is 101 cm³/mol. The van der Waals surface area contributed by atoms with Crippen molar-refractivity contribution >= 4 is 23.3 Å². The van der Waals surface area contributed by atoms with Crippen molar-refractivity contribution in [2.75, 3.05) is 11.9 Å². The third-order valence-electron chi connectivity index (χ3n) is 3.43. The van der Waals surface area contributed by atoms with E-state index in [1.54, 1.807) is 24.3 Å². The Hall–Kier alpha value is -3.06. The molecule has 1 aromatic heterocycles. The molecule has 0 aliphatic rings. The van der Waals surface area contributed by atoms with E-state index in [9.17, 15) is 4.79 Å². The fourth-order valence-corrected chi connectivity index (χ4v) is 2.40. The molecule has 0 aliphatic heterocycles. The molecule has 0 atom stereocenters. The molecular formula is C19H18ClN3O4. The third-order valence-corrected chi connectivity index (χ3v) is 3.68. The van der Waals surface area contributed by atoms with Crippen molar-refractivity contribution in [2.24, 2.45) is 0 Å². The number of hydrogen-bond donors (Lipinski definition) is 1. The van der Waals surface area contributed by atoms with Crippen LogP contribution in [-0.4, -0.2) is 28.9 Å². The molecule has 1 N–H and O–H groups in total. The predicted octanol–water partition coefficient (Wildman–Crippen LogP) is 4.19. The van der Waals surface area contributed by atoms with Crippen molar-refractivity contribution in [1.82, 2.24) is 10.3 Å². The van der Waals surface area contributed by atoms with Crippen molar-refractivity contribution in [2.45, 2.75) is 20.0 Å². The highest BCUT2D eigenvalue weighted by atomic mass is 35.5. The fraction of sp³-hybridized carbons (Fsp3) is 0.211. The molecule has 1 heterocycles. The van der Waals surface area contributed by atoms with Gasteiger partial charge in [-0.3, -0.25) is 4.79 Å². The Morgan fingerprint density at radius 3 is 2.41 bits per heavy atom. The van der Waals surface area contributed by atoms with E-state index in [2.05, 4.69) is 15.6 Å². The van der Waals surface area contributed by atoms with Crippen LogP contribution in [-0.2, 0) is 4.79 Å². The molecule has 0 saturated heterocycles. The molecule has 8 heteroatoms. The average molecular weight is 388 g/mol. The van der Waals surface area contributed by atoms with Gasteiger partial charge in [0.2, 0.25) is 5.82 Å². The zero-order chi connectivity index (χ0) is 19.2. The summed E-state index contributed by atoms with van der Waals surface area (Å²) in [5.41, 5.74) is 1.16. The van der Waals surface area contributed by atoms with Gasteiger partial charge in [-0.1, -0.05) is 11.6 Å². The quantitative estimate of drug-likeness (QED) is 0.654. The van der Waals surface area contributed by atoms with E-state index in [0.29, 0.717) is 16.5 Å². The molecule has 0 bridgehead atoms. The van der Waals surface area contributed by atoms with Gasteiger partial charge < -0.3 is 14.8 Å². The standard InChI is InChI=1S/C19H18ClN3O4/c1-12(2)26-16-7-3-13(4-8-16)18-19(23-27-22-18)21-17(24)11-25-15-9-5-14(20)6-10-15/h3-10,12H,11H2,1-2H3,(H,21,23,24). The summed E-state index contributed by atoms with van der Waals surface area (Å²) in [5.74, 6) is 1.11. The van der Waals surface area contributed by atoms with Crippen LogP contribution in [0.25, 0.3) is 11.3 Å². The summed E-state index contributed by atoms with van der Waals surface area (Å²) in [6.07, 6.45) is 0.0834. The van der Waals surface area contributed by atoms with Gasteiger partial charge in [0.1, 0.15) is 11.5 Å². The summed E-state index contributed by atoms with van der Waals surface area (Å²) in [6, 6.07) is 14.0. The zero-order valence-electron chi connectivity index (χ0n) is 14.8. The first-order valence-corrected chi connectivity index (χ1v) is 8.67. The molecule has 140 valence electrons. The minimum absolute atomic E-state index is 0.0834. The first-order valence-electron chi connectivity index (χ1n) is 8.29. The number of benzene rings is 2. The average Bonchev–Trinajstić information content (AvgIpc) is 3.09. The largest absolute Gasteiger partial charge is 0.491 e. The summed E-state index contributed by atoms with van der Waals surface area (Å²) in [7, 11) is 0. The van der Waals surface area contributed by atoms with Crippen LogP contribution in [0, 0.1) is 0 Å². The van der Waals surface area contributed by atoms with Crippen LogP contribution in [0.3, 0.4) is 0 Å². The molecule has 3 rings (SSSR count). The van der Waals surface area contributed by atoms with Gasteiger partial charge in [0.15, 0.2) is 12.3 Å². The molecule has 0 spiro atoms. The van der Waals surface area contributed by atoms with E-state index in [1.165, 1.54) is 0 Å². The number of amides is 1. The number of carbonyl (C=O) groups excluding carboxylic acids is 1. The van der Waals surface area contributed by atoms with Gasteiger partial charge in [0.05, 0.1) is 6.10 Å². The Morgan fingerprint density at radius 1 is 1.07 bits per heavy atom. The molecule has 0 fully saturated rings. The number of anilines is 1. The SMILES string of the molecule is CC(C)Oc1ccc(-c2nonc2NC(=O)COc2ccc(Cl)cc2)cc1. The number of halogens is 1. The summed E-state index contributed by atoms with van der Waals surface area (Å²) in [4.78, 5) is 12.1. The van der Waals surface area contributed by atoms with Crippen LogP contribution < -0.4 is 14.8 Å². The van der Waals surface area contributed by atoms with Gasteiger partial charge in [0.25, 0.3) is 5.91 Å². The second-order valence-electron chi connectivity index (χ2n) is 5.94. The van der Waals surface area contributed by atoms with Crippen molar-refractivity contribution in [1.29, 1.82) is 0 Å². The van der Waals surface area contributed by atoms with Crippen molar-refractivity contribution in [3.05, 3.63) is 53.6 Å². The Bertz CT molecular complexity index is 892. The van der Waals surface area contributed by atoms with Gasteiger partial charge in [-0.25, -0.2) is 4.63 Å². The third kappa shape index (κ3) is 5.21. The molecule has 2 aromatic carbocycles. The number of nitrogens with one attached hydrogen (secondary N) is 1. The molecule has 0 aliphatic carbocycles. The minimum Gasteiger partial charge on any atom is -0.491 e. The molecule has 1 amide bonds. The van der Waals surface area contributed by atoms with E-state index in [-0.39, 0.29) is 24.4 Å². The maximum atomic E-state index is 12.1. The minimum atomic E-state index is -0.387. The first-order chi connectivity index (χ1) is 13.0. The Kier molecular flexibility index (Phi) is 5.93. The van der Waals surface area contributed by atoms with Crippen LogP contribution in [0.2, 0.25) is 5.02 Å². The number of carbonyl (C=O) groups is 1. The fourth-order valence-electron chi connectivity index (χ4n) is 2.27. The lowest BCUT2D eigenvalue weighted by molar-refractivity contribution is -0.118. The van der Waals surface area contributed by atoms with Crippen LogP contribution in [0.1, 0.15) is 13.8 Å². The van der Waals surface area contributed by atoms with E-state index in [4.69, 9.17) is 25.7 Å². The number of rotatable bonds is 7. The van der Waals surface area contributed by atoms with Crippen molar-refractivity contribution < 1.29 is 18.9 Å². The summed E-state index contributed by atoms with van der Waals surface area (Å²) in [5, 5.41) is 10.8. The lowest BCUT2D eigenvalue weighted by Crippen LogP contribution is -2.20. The van der Waals surface area contributed by atoms with Crippen molar-refractivity contribution in [3.8, 4) is 22.8 Å². The van der Waals surface area contributed by atoms with Gasteiger partial charge >= 0.3 is 0 Å². The van der Waals surface area contributed by atoms with Crippen LogP contribution >= 0.6 is 11.6 Å². The number of ether oxygens (including phenoxy) is 2. The molecule has 27 heavy (non-hydrogen) atoms. The van der Waals surface area contributed by atoms with E-state index < -0.39 is 0 Å². The number of hydrogen-bond acceptors (Lipinski definition) is 6. The van der Waals surface area contributed by atoms with Gasteiger partial charge in [-0.2, -0.15) is 0 Å². The lowest BCUT2D eigenvalue weighted by atomic mass is 10.1. The maximum absolute atomic E-state index is 12.1. The Morgan fingerprint density at radius 2 is 1.74 bits per heavy atom. The molecule has 0 unspecified atom stereocenters.